The second kappa shape index (κ2) is 6.38. The number of carbonyl (C=O) groups excluding carboxylic acids is 1. The SMILES string of the molecule is CCC(Cl)(Br)C(=O)N[C@@H](CO)c1ccccc1. The summed E-state index contributed by atoms with van der Waals surface area (Å²) in [6, 6.07) is 8.83. The molecule has 0 spiro atoms. The molecule has 0 bridgehead atoms. The van der Waals surface area contributed by atoms with E-state index in [2.05, 4.69) is 21.2 Å². The van der Waals surface area contributed by atoms with E-state index in [-0.39, 0.29) is 12.5 Å². The summed E-state index contributed by atoms with van der Waals surface area (Å²) in [6.07, 6.45) is 0.452. The molecular weight excluding hydrogens is 305 g/mol. The smallest absolute Gasteiger partial charge is 0.252 e. The molecule has 2 atom stereocenters. The third-order valence-electron chi connectivity index (χ3n) is 2.47. The van der Waals surface area contributed by atoms with E-state index >= 15 is 0 Å². The van der Waals surface area contributed by atoms with Gasteiger partial charge in [0.15, 0.2) is 3.78 Å². The first kappa shape index (κ1) is 14.5. The van der Waals surface area contributed by atoms with Gasteiger partial charge in [-0.05, 0) is 12.0 Å². The van der Waals surface area contributed by atoms with Crippen LogP contribution in [0.3, 0.4) is 0 Å². The van der Waals surface area contributed by atoms with Crippen molar-refractivity contribution in [1.82, 2.24) is 5.32 Å². The molecule has 1 rings (SSSR count). The normalized spacial score (nSPS) is 16.0. The van der Waals surface area contributed by atoms with E-state index in [0.29, 0.717) is 6.42 Å². The lowest BCUT2D eigenvalue weighted by atomic mass is 10.1. The lowest BCUT2D eigenvalue weighted by Gasteiger charge is -2.22. The highest BCUT2D eigenvalue weighted by molar-refractivity contribution is 9.10. The van der Waals surface area contributed by atoms with E-state index in [1.807, 2.05) is 30.3 Å². The van der Waals surface area contributed by atoms with Gasteiger partial charge in [0.25, 0.3) is 5.91 Å². The Hall–Kier alpha value is -0.580. The van der Waals surface area contributed by atoms with Crippen molar-refractivity contribution in [1.29, 1.82) is 0 Å². The van der Waals surface area contributed by atoms with Crippen molar-refractivity contribution in [3.63, 3.8) is 0 Å². The van der Waals surface area contributed by atoms with Gasteiger partial charge in [-0.25, -0.2) is 0 Å². The molecule has 2 N–H and O–H groups in total. The van der Waals surface area contributed by atoms with E-state index in [4.69, 9.17) is 11.6 Å². The number of rotatable bonds is 5. The summed E-state index contributed by atoms with van der Waals surface area (Å²) < 4.78 is -1.12. The van der Waals surface area contributed by atoms with Gasteiger partial charge in [-0.1, -0.05) is 64.8 Å². The molecule has 1 aromatic rings. The summed E-state index contributed by atoms with van der Waals surface area (Å²) in [5.41, 5.74) is 0.847. The summed E-state index contributed by atoms with van der Waals surface area (Å²) in [5, 5.41) is 12.0. The van der Waals surface area contributed by atoms with E-state index in [1.165, 1.54) is 0 Å². The number of carbonyl (C=O) groups is 1. The first-order valence-electron chi connectivity index (χ1n) is 5.36. The Morgan fingerprint density at radius 1 is 1.53 bits per heavy atom. The molecule has 0 aliphatic heterocycles. The second-order valence-electron chi connectivity index (χ2n) is 3.68. The van der Waals surface area contributed by atoms with Gasteiger partial charge in [0.05, 0.1) is 12.6 Å². The van der Waals surface area contributed by atoms with Crippen LogP contribution >= 0.6 is 27.5 Å². The number of aliphatic hydroxyl groups excluding tert-OH is 1. The van der Waals surface area contributed by atoms with Gasteiger partial charge < -0.3 is 10.4 Å². The fraction of sp³-hybridized carbons (Fsp3) is 0.417. The van der Waals surface area contributed by atoms with Crippen LogP contribution in [0.2, 0.25) is 0 Å². The Labute approximate surface area is 114 Å². The van der Waals surface area contributed by atoms with Crippen molar-refractivity contribution in [2.75, 3.05) is 6.61 Å². The third-order valence-corrected chi connectivity index (χ3v) is 3.83. The minimum absolute atomic E-state index is 0.167. The van der Waals surface area contributed by atoms with E-state index < -0.39 is 9.83 Å². The highest BCUT2D eigenvalue weighted by Gasteiger charge is 2.32. The van der Waals surface area contributed by atoms with Gasteiger partial charge in [0, 0.05) is 0 Å². The summed E-state index contributed by atoms with van der Waals surface area (Å²) in [5.74, 6) is -0.343. The van der Waals surface area contributed by atoms with Gasteiger partial charge in [-0.2, -0.15) is 0 Å². The molecule has 1 unspecified atom stereocenters. The molecule has 1 aromatic carbocycles. The van der Waals surface area contributed by atoms with Gasteiger partial charge in [-0.3, -0.25) is 4.79 Å². The van der Waals surface area contributed by atoms with Crippen LogP contribution in [0.5, 0.6) is 0 Å². The molecule has 0 fully saturated rings. The largest absolute Gasteiger partial charge is 0.394 e. The maximum absolute atomic E-state index is 11.8. The fourth-order valence-corrected chi connectivity index (χ4v) is 1.51. The third kappa shape index (κ3) is 3.98. The Morgan fingerprint density at radius 3 is 2.59 bits per heavy atom. The molecule has 1 amide bonds. The van der Waals surface area contributed by atoms with Crippen molar-refractivity contribution in [3.8, 4) is 0 Å². The number of benzene rings is 1. The summed E-state index contributed by atoms with van der Waals surface area (Å²) >= 11 is 9.13. The minimum Gasteiger partial charge on any atom is -0.394 e. The molecule has 0 radical (unpaired) electrons. The van der Waals surface area contributed by atoms with Crippen LogP contribution in [0.25, 0.3) is 0 Å². The fourth-order valence-electron chi connectivity index (χ4n) is 1.34. The predicted octanol–water partition coefficient (Wildman–Crippen LogP) is 2.58. The Bertz CT molecular complexity index is 370. The Morgan fingerprint density at radius 2 is 2.12 bits per heavy atom. The summed E-state index contributed by atoms with van der Waals surface area (Å²) in [4.78, 5) is 11.8. The number of amides is 1. The van der Waals surface area contributed by atoms with E-state index in [1.54, 1.807) is 6.92 Å². The summed E-state index contributed by atoms with van der Waals surface area (Å²) in [6.45, 7) is 1.64. The highest BCUT2D eigenvalue weighted by atomic mass is 79.9. The zero-order chi connectivity index (χ0) is 12.9. The molecule has 0 aliphatic rings. The lowest BCUT2D eigenvalue weighted by molar-refractivity contribution is -0.122. The number of aliphatic hydroxyl groups is 1. The van der Waals surface area contributed by atoms with Crippen LogP contribution in [0.1, 0.15) is 24.9 Å². The molecule has 17 heavy (non-hydrogen) atoms. The van der Waals surface area contributed by atoms with Crippen LogP contribution in [-0.2, 0) is 4.79 Å². The van der Waals surface area contributed by atoms with Crippen molar-refractivity contribution in [3.05, 3.63) is 35.9 Å². The highest BCUT2D eigenvalue weighted by Crippen LogP contribution is 2.28. The molecule has 0 aliphatic carbocycles. The van der Waals surface area contributed by atoms with Crippen LogP contribution in [-0.4, -0.2) is 21.4 Å². The number of halogens is 2. The molecule has 0 heterocycles. The average Bonchev–Trinajstić information content (AvgIpc) is 2.36. The van der Waals surface area contributed by atoms with Gasteiger partial charge in [0.1, 0.15) is 0 Å². The average molecular weight is 321 g/mol. The first-order chi connectivity index (χ1) is 8.01. The Balaban J connectivity index is 2.75. The number of alkyl halides is 2. The van der Waals surface area contributed by atoms with E-state index in [9.17, 15) is 9.90 Å². The molecule has 3 nitrogen and oxygen atoms in total. The van der Waals surface area contributed by atoms with Crippen molar-refractivity contribution < 1.29 is 9.90 Å². The lowest BCUT2D eigenvalue weighted by Crippen LogP contribution is -2.40. The van der Waals surface area contributed by atoms with Crippen molar-refractivity contribution in [2.24, 2.45) is 0 Å². The predicted molar refractivity (Wildman–Crippen MR) is 72.2 cm³/mol. The van der Waals surface area contributed by atoms with E-state index in [0.717, 1.165) is 5.56 Å². The standard InChI is InChI=1S/C12H15BrClNO2/c1-2-12(13,14)11(17)15-10(8-16)9-6-4-3-5-7-9/h3-7,10,16H,2,8H2,1H3,(H,15,17)/t10-,12?/m0/s1. The van der Waals surface area contributed by atoms with Crippen LogP contribution in [0, 0.1) is 0 Å². The Kier molecular flexibility index (Phi) is 5.43. The number of hydrogen-bond donors (Lipinski definition) is 2. The number of hydrogen-bond acceptors (Lipinski definition) is 2. The second-order valence-corrected chi connectivity index (χ2v) is 6.13. The molecule has 0 saturated carbocycles. The molecular formula is C12H15BrClNO2. The topological polar surface area (TPSA) is 49.3 Å². The molecule has 0 aromatic heterocycles. The van der Waals surface area contributed by atoms with Crippen LogP contribution in [0.4, 0.5) is 0 Å². The van der Waals surface area contributed by atoms with Crippen molar-refractivity contribution >= 4 is 33.4 Å². The van der Waals surface area contributed by atoms with Gasteiger partial charge in [0.2, 0.25) is 0 Å². The van der Waals surface area contributed by atoms with Gasteiger partial charge >= 0.3 is 0 Å². The van der Waals surface area contributed by atoms with Gasteiger partial charge in [-0.15, -0.1) is 0 Å². The van der Waals surface area contributed by atoms with Crippen molar-refractivity contribution in [2.45, 2.75) is 23.2 Å². The maximum Gasteiger partial charge on any atom is 0.252 e. The maximum atomic E-state index is 11.8. The monoisotopic (exact) mass is 319 g/mol. The molecule has 0 saturated heterocycles. The quantitative estimate of drug-likeness (QED) is 0.819. The summed E-state index contributed by atoms with van der Waals surface area (Å²) in [7, 11) is 0. The number of nitrogens with one attached hydrogen (secondary N) is 1. The first-order valence-corrected chi connectivity index (χ1v) is 6.53. The molecule has 5 heteroatoms. The minimum atomic E-state index is -1.12. The molecule has 94 valence electrons. The van der Waals surface area contributed by atoms with Crippen LogP contribution in [0.15, 0.2) is 30.3 Å². The zero-order valence-corrected chi connectivity index (χ0v) is 11.8. The zero-order valence-electron chi connectivity index (χ0n) is 9.49. The van der Waals surface area contributed by atoms with Crippen LogP contribution < -0.4 is 5.32 Å².